The number of alkyl halides is 3. The number of hydrogen-bond acceptors (Lipinski definition) is 3. The molecule has 8 heteroatoms. The van der Waals surface area contributed by atoms with Crippen LogP contribution in [0, 0.1) is 12.3 Å². The lowest BCUT2D eigenvalue weighted by atomic mass is 9.89. The second kappa shape index (κ2) is 6.69. The van der Waals surface area contributed by atoms with Crippen molar-refractivity contribution >= 4 is 17.6 Å². The third-order valence-electron chi connectivity index (χ3n) is 4.81. The summed E-state index contributed by atoms with van der Waals surface area (Å²) < 4.78 is 40.0. The smallest absolute Gasteiger partial charge is 0.393 e. The lowest BCUT2D eigenvalue weighted by Crippen LogP contribution is -2.48. The molecule has 1 N–H and O–H groups in total. The van der Waals surface area contributed by atoms with E-state index in [-0.39, 0.29) is 5.69 Å². The average Bonchev–Trinajstić information content (AvgIpc) is 2.87. The number of halogens is 3. The van der Waals surface area contributed by atoms with Gasteiger partial charge in [0.2, 0.25) is 0 Å². The molecule has 5 nitrogen and oxygen atoms in total. The van der Waals surface area contributed by atoms with Crippen molar-refractivity contribution in [1.82, 2.24) is 4.90 Å². The number of rotatable bonds is 3. The van der Waals surface area contributed by atoms with E-state index in [1.54, 1.807) is 30.3 Å². The van der Waals surface area contributed by atoms with Crippen LogP contribution in [0.4, 0.5) is 23.7 Å². The number of aliphatic hydroxyl groups excluding tert-OH is 1. The van der Waals surface area contributed by atoms with Crippen molar-refractivity contribution in [2.45, 2.75) is 11.7 Å². The SMILES string of the molecule is C#Cc1ccc(N2C(=O)N(C)[C@](CO)(c3ccccc3)C2=O)cc1C(F)(F)F. The molecule has 1 fully saturated rings. The van der Waals surface area contributed by atoms with Gasteiger partial charge in [0.05, 0.1) is 17.9 Å². The van der Waals surface area contributed by atoms with Gasteiger partial charge in [-0.3, -0.25) is 4.79 Å². The van der Waals surface area contributed by atoms with Crippen LogP contribution in [0.1, 0.15) is 16.7 Å². The van der Waals surface area contributed by atoms with Crippen LogP contribution < -0.4 is 4.90 Å². The van der Waals surface area contributed by atoms with Gasteiger partial charge in [-0.15, -0.1) is 6.42 Å². The molecule has 0 radical (unpaired) electrons. The highest BCUT2D eigenvalue weighted by atomic mass is 19.4. The molecule has 2 aromatic carbocycles. The number of anilines is 1. The summed E-state index contributed by atoms with van der Waals surface area (Å²) in [5, 5.41) is 10.0. The highest BCUT2D eigenvalue weighted by molar-refractivity contribution is 6.23. The molecule has 1 saturated heterocycles. The number of amides is 3. The van der Waals surface area contributed by atoms with Gasteiger partial charge in [0.25, 0.3) is 5.91 Å². The van der Waals surface area contributed by atoms with Crippen molar-refractivity contribution in [1.29, 1.82) is 0 Å². The molecule has 144 valence electrons. The largest absolute Gasteiger partial charge is 0.417 e. The first-order chi connectivity index (χ1) is 13.2. The lowest BCUT2D eigenvalue weighted by molar-refractivity contribution is -0.137. The number of aliphatic hydroxyl groups is 1. The molecule has 0 aliphatic carbocycles. The summed E-state index contributed by atoms with van der Waals surface area (Å²) in [6, 6.07) is 10.1. The maximum atomic E-state index is 13.3. The Bertz CT molecular complexity index is 982. The first kappa shape index (κ1) is 19.5. The summed E-state index contributed by atoms with van der Waals surface area (Å²) in [6.45, 7) is -0.733. The van der Waals surface area contributed by atoms with E-state index in [1.807, 2.05) is 5.92 Å². The maximum Gasteiger partial charge on any atom is 0.417 e. The first-order valence-electron chi connectivity index (χ1n) is 8.15. The highest BCUT2D eigenvalue weighted by Crippen LogP contribution is 2.40. The second-order valence-corrected chi connectivity index (χ2v) is 6.24. The summed E-state index contributed by atoms with van der Waals surface area (Å²) in [4.78, 5) is 27.6. The van der Waals surface area contributed by atoms with E-state index in [0.29, 0.717) is 16.5 Å². The molecule has 3 amide bonds. The van der Waals surface area contributed by atoms with Gasteiger partial charge >= 0.3 is 12.2 Å². The molecular weight excluding hydrogens is 373 g/mol. The third kappa shape index (κ3) is 2.72. The van der Waals surface area contributed by atoms with Gasteiger partial charge < -0.3 is 10.0 Å². The molecule has 1 heterocycles. The number of terminal acetylenes is 1. The predicted octanol–water partition coefficient (Wildman–Crippen LogP) is 2.97. The molecule has 0 aromatic heterocycles. The number of imide groups is 1. The number of carbonyl (C=O) groups excluding carboxylic acids is 2. The lowest BCUT2D eigenvalue weighted by Gasteiger charge is -2.31. The van der Waals surface area contributed by atoms with Gasteiger partial charge in [-0.25, -0.2) is 9.69 Å². The summed E-state index contributed by atoms with van der Waals surface area (Å²) >= 11 is 0. The van der Waals surface area contributed by atoms with Crippen LogP contribution >= 0.6 is 0 Å². The Kier molecular flexibility index (Phi) is 4.65. The fourth-order valence-electron chi connectivity index (χ4n) is 3.28. The van der Waals surface area contributed by atoms with Crippen molar-refractivity contribution in [2.24, 2.45) is 0 Å². The van der Waals surface area contributed by atoms with Gasteiger partial charge in [-0.05, 0) is 23.8 Å². The van der Waals surface area contributed by atoms with Gasteiger partial charge in [-0.1, -0.05) is 36.3 Å². The van der Waals surface area contributed by atoms with Crippen LogP contribution in [-0.2, 0) is 16.5 Å². The van der Waals surface area contributed by atoms with E-state index in [4.69, 9.17) is 6.42 Å². The van der Waals surface area contributed by atoms with Crippen LogP contribution in [0.5, 0.6) is 0 Å². The molecule has 3 rings (SSSR count). The Morgan fingerprint density at radius 2 is 1.79 bits per heavy atom. The van der Waals surface area contributed by atoms with Gasteiger partial charge in [0.15, 0.2) is 5.54 Å². The molecule has 0 unspecified atom stereocenters. The van der Waals surface area contributed by atoms with Gasteiger partial charge in [0.1, 0.15) is 0 Å². The van der Waals surface area contributed by atoms with E-state index in [1.165, 1.54) is 13.1 Å². The number of carbonyl (C=O) groups is 2. The molecule has 1 aliphatic heterocycles. The minimum absolute atomic E-state index is 0.278. The fourth-order valence-corrected chi connectivity index (χ4v) is 3.28. The van der Waals surface area contributed by atoms with E-state index in [0.717, 1.165) is 11.0 Å². The Balaban J connectivity index is 2.16. The van der Waals surface area contributed by atoms with Crippen LogP contribution in [0.3, 0.4) is 0 Å². The normalized spacial score (nSPS) is 19.9. The van der Waals surface area contributed by atoms with Gasteiger partial charge in [0, 0.05) is 12.6 Å². The molecular formula is C20H15F3N2O3. The van der Waals surface area contributed by atoms with Crippen molar-refractivity contribution in [3.63, 3.8) is 0 Å². The molecule has 0 spiro atoms. The van der Waals surface area contributed by atoms with Crippen LogP contribution in [-0.4, -0.2) is 35.6 Å². The standard InChI is InChI=1S/C20H15F3N2O3/c1-3-13-9-10-15(11-16(13)20(21,22)23)25-17(27)19(12-26,24(2)18(25)28)14-7-5-4-6-8-14/h1,4-11,26H,12H2,2H3/t19-/m1/s1. The summed E-state index contributed by atoms with van der Waals surface area (Å²) in [5.41, 5.74) is -3.20. The van der Waals surface area contributed by atoms with Crippen LogP contribution in [0.2, 0.25) is 0 Å². The van der Waals surface area contributed by atoms with Gasteiger partial charge in [-0.2, -0.15) is 13.2 Å². The number of urea groups is 1. The Morgan fingerprint density at radius 1 is 1.14 bits per heavy atom. The zero-order valence-electron chi connectivity index (χ0n) is 14.7. The van der Waals surface area contributed by atoms with Crippen molar-refractivity contribution in [3.8, 4) is 12.3 Å². The van der Waals surface area contributed by atoms with Crippen molar-refractivity contribution in [2.75, 3.05) is 18.6 Å². The first-order valence-corrected chi connectivity index (χ1v) is 8.15. The molecule has 2 aromatic rings. The van der Waals surface area contributed by atoms with Crippen molar-refractivity contribution in [3.05, 3.63) is 65.2 Å². The molecule has 0 bridgehead atoms. The number of hydrogen-bond donors (Lipinski definition) is 1. The minimum atomic E-state index is -4.76. The van der Waals surface area contributed by atoms with Crippen molar-refractivity contribution < 1.29 is 27.9 Å². The maximum absolute atomic E-state index is 13.3. The van der Waals surface area contributed by atoms with E-state index < -0.39 is 41.4 Å². The monoisotopic (exact) mass is 388 g/mol. The minimum Gasteiger partial charge on any atom is -0.393 e. The molecule has 28 heavy (non-hydrogen) atoms. The second-order valence-electron chi connectivity index (χ2n) is 6.24. The number of benzene rings is 2. The quantitative estimate of drug-likeness (QED) is 0.650. The zero-order valence-corrected chi connectivity index (χ0v) is 14.7. The summed E-state index contributed by atoms with van der Waals surface area (Å²) in [7, 11) is 1.31. The molecule has 1 aliphatic rings. The zero-order chi connectivity index (χ0) is 20.7. The number of likely N-dealkylation sites (N-methyl/N-ethyl adjacent to an activating group) is 1. The molecule has 0 saturated carbocycles. The summed E-state index contributed by atoms with van der Waals surface area (Å²) in [6.07, 6.45) is 0.368. The summed E-state index contributed by atoms with van der Waals surface area (Å²) in [5.74, 6) is 1.09. The Labute approximate surface area is 159 Å². The average molecular weight is 388 g/mol. The Morgan fingerprint density at radius 3 is 2.32 bits per heavy atom. The van der Waals surface area contributed by atoms with E-state index in [9.17, 15) is 27.9 Å². The third-order valence-corrected chi connectivity index (χ3v) is 4.81. The highest BCUT2D eigenvalue weighted by Gasteiger charge is 2.57. The van der Waals surface area contributed by atoms with E-state index in [2.05, 4.69) is 0 Å². The topological polar surface area (TPSA) is 60.9 Å². The fraction of sp³-hybridized carbons (Fsp3) is 0.200. The van der Waals surface area contributed by atoms with Crippen LogP contribution in [0.25, 0.3) is 0 Å². The molecule has 1 atom stereocenters. The van der Waals surface area contributed by atoms with Crippen LogP contribution in [0.15, 0.2) is 48.5 Å². The Hall–Kier alpha value is -3.31. The number of nitrogens with zero attached hydrogens (tertiary/aromatic N) is 2. The van der Waals surface area contributed by atoms with E-state index >= 15 is 0 Å². The predicted molar refractivity (Wildman–Crippen MR) is 95.2 cm³/mol.